The van der Waals surface area contributed by atoms with E-state index >= 15 is 0 Å². The van der Waals surface area contributed by atoms with E-state index in [1.807, 2.05) is 30.3 Å². The van der Waals surface area contributed by atoms with E-state index < -0.39 is 6.23 Å². The number of benzene rings is 2. The highest BCUT2D eigenvalue weighted by atomic mass is 16.6. The fraction of sp³-hybridized carbons (Fsp3) is 0.333. The molecule has 4 aliphatic rings. The van der Waals surface area contributed by atoms with Crippen molar-refractivity contribution in [3.05, 3.63) is 88.7 Å². The maximum absolute atomic E-state index is 12.7. The summed E-state index contributed by atoms with van der Waals surface area (Å²) in [5.74, 6) is 0.953. The van der Waals surface area contributed by atoms with Crippen molar-refractivity contribution in [2.24, 2.45) is 11.8 Å². The fourth-order valence-electron chi connectivity index (χ4n) is 5.31. The average Bonchev–Trinajstić information content (AvgIpc) is 3.17. The molecule has 2 aromatic rings. The number of hydrogen-bond acceptors (Lipinski definition) is 4. The van der Waals surface area contributed by atoms with Gasteiger partial charge in [-0.3, -0.25) is 9.69 Å². The van der Waals surface area contributed by atoms with Gasteiger partial charge in [0.1, 0.15) is 6.10 Å². The monoisotopic (exact) mass is 427 g/mol. The molecule has 0 spiro atoms. The lowest BCUT2D eigenvalue weighted by Crippen LogP contribution is -2.35. The van der Waals surface area contributed by atoms with Crippen molar-refractivity contribution in [2.75, 3.05) is 4.90 Å². The standard InChI is InChI=1S/C27H25NO4/c1-15-10-21(15)17-8-9-20-18(12-17)13-22-23(27(30)32-25(20)22)14-31-24-11-16(2)26(29)28(24)19-6-4-3-5-7-19/h3-9,11-12,14-15,21-22,24-25H,10,13H2,1-2H3/b23-14+/t15?,21-,22?,24?,25?/m0/s1. The zero-order valence-electron chi connectivity index (χ0n) is 18.2. The number of anilines is 1. The van der Waals surface area contributed by atoms with E-state index in [4.69, 9.17) is 9.47 Å². The molecule has 2 aliphatic carbocycles. The van der Waals surface area contributed by atoms with Crippen LogP contribution in [0, 0.1) is 11.8 Å². The fourth-order valence-corrected chi connectivity index (χ4v) is 5.31. The molecule has 2 aromatic carbocycles. The van der Waals surface area contributed by atoms with Gasteiger partial charge in [-0.15, -0.1) is 0 Å². The molecule has 5 heteroatoms. The summed E-state index contributed by atoms with van der Waals surface area (Å²) < 4.78 is 11.8. The molecule has 32 heavy (non-hydrogen) atoms. The number of ether oxygens (including phenoxy) is 2. The lowest BCUT2D eigenvalue weighted by atomic mass is 9.98. The van der Waals surface area contributed by atoms with Gasteiger partial charge in [-0.05, 0) is 66.5 Å². The second-order valence-electron chi connectivity index (χ2n) is 9.37. The number of rotatable bonds is 4. The van der Waals surface area contributed by atoms with E-state index in [0.717, 1.165) is 23.6 Å². The van der Waals surface area contributed by atoms with Crippen LogP contribution >= 0.6 is 0 Å². The average molecular weight is 428 g/mol. The van der Waals surface area contributed by atoms with E-state index in [1.165, 1.54) is 23.8 Å². The van der Waals surface area contributed by atoms with Gasteiger partial charge >= 0.3 is 5.97 Å². The Kier molecular flexibility index (Phi) is 4.29. The second kappa shape index (κ2) is 7.09. The molecule has 4 unspecified atom stereocenters. The van der Waals surface area contributed by atoms with Crippen molar-refractivity contribution < 1.29 is 19.1 Å². The molecule has 162 valence electrons. The highest BCUT2D eigenvalue weighted by Gasteiger charge is 2.47. The number of para-hydroxylation sites is 1. The minimum Gasteiger partial charge on any atom is -0.473 e. The van der Waals surface area contributed by atoms with Crippen LogP contribution in [0.15, 0.2) is 72.0 Å². The van der Waals surface area contributed by atoms with E-state index in [2.05, 4.69) is 25.1 Å². The molecule has 5 atom stereocenters. The predicted octanol–water partition coefficient (Wildman–Crippen LogP) is 4.80. The second-order valence-corrected chi connectivity index (χ2v) is 9.37. The first kappa shape index (κ1) is 19.4. The third kappa shape index (κ3) is 2.99. The van der Waals surface area contributed by atoms with Crippen LogP contribution in [0.2, 0.25) is 0 Å². The molecule has 2 heterocycles. The Morgan fingerprint density at radius 1 is 1.09 bits per heavy atom. The zero-order chi connectivity index (χ0) is 22.0. The van der Waals surface area contributed by atoms with Gasteiger partial charge in [0.15, 0.2) is 6.23 Å². The molecular formula is C27H25NO4. The number of amides is 1. The van der Waals surface area contributed by atoms with Crippen molar-refractivity contribution in [3.63, 3.8) is 0 Å². The zero-order valence-corrected chi connectivity index (χ0v) is 18.2. The summed E-state index contributed by atoms with van der Waals surface area (Å²) in [5.41, 5.74) is 5.71. The Morgan fingerprint density at radius 3 is 2.62 bits per heavy atom. The summed E-state index contributed by atoms with van der Waals surface area (Å²) in [4.78, 5) is 26.9. The summed E-state index contributed by atoms with van der Waals surface area (Å²) in [6.45, 7) is 4.07. The normalized spacial score (nSPS) is 31.4. The third-order valence-electron chi connectivity index (χ3n) is 7.26. The van der Waals surface area contributed by atoms with Crippen LogP contribution in [-0.4, -0.2) is 18.1 Å². The summed E-state index contributed by atoms with van der Waals surface area (Å²) in [5, 5.41) is 0. The van der Waals surface area contributed by atoms with Crippen LogP contribution in [0.4, 0.5) is 5.69 Å². The summed E-state index contributed by atoms with van der Waals surface area (Å²) in [6, 6.07) is 16.1. The molecule has 2 aliphatic heterocycles. The lowest BCUT2D eigenvalue weighted by molar-refractivity contribution is -0.139. The molecule has 1 saturated carbocycles. The Balaban J connectivity index is 1.25. The highest BCUT2D eigenvalue weighted by molar-refractivity contribution is 6.08. The van der Waals surface area contributed by atoms with Crippen molar-refractivity contribution in [3.8, 4) is 0 Å². The molecule has 2 fully saturated rings. The number of carbonyl (C=O) groups excluding carboxylic acids is 2. The van der Waals surface area contributed by atoms with Gasteiger partial charge < -0.3 is 9.47 Å². The Labute approximate surface area is 187 Å². The first-order valence-corrected chi connectivity index (χ1v) is 11.3. The molecule has 1 amide bonds. The number of fused-ring (bicyclic) bond motifs is 3. The highest BCUT2D eigenvalue weighted by Crippen LogP contribution is 2.51. The first-order chi connectivity index (χ1) is 15.5. The number of hydrogen-bond donors (Lipinski definition) is 0. The van der Waals surface area contributed by atoms with Crippen LogP contribution in [0.1, 0.15) is 49.0 Å². The molecule has 0 N–H and O–H groups in total. The van der Waals surface area contributed by atoms with Crippen LogP contribution in [-0.2, 0) is 25.5 Å². The van der Waals surface area contributed by atoms with E-state index in [0.29, 0.717) is 17.1 Å². The molecule has 0 aromatic heterocycles. The van der Waals surface area contributed by atoms with Crippen LogP contribution in [0.25, 0.3) is 0 Å². The largest absolute Gasteiger partial charge is 0.473 e. The van der Waals surface area contributed by atoms with Gasteiger partial charge in [-0.25, -0.2) is 4.79 Å². The van der Waals surface area contributed by atoms with Gasteiger partial charge in [-0.1, -0.05) is 43.3 Å². The topological polar surface area (TPSA) is 55.8 Å². The minimum absolute atomic E-state index is 0.0447. The van der Waals surface area contributed by atoms with E-state index in [1.54, 1.807) is 17.9 Å². The molecule has 5 nitrogen and oxygen atoms in total. The lowest BCUT2D eigenvalue weighted by Gasteiger charge is -2.24. The molecule has 0 radical (unpaired) electrons. The quantitative estimate of drug-likeness (QED) is 0.400. The third-order valence-corrected chi connectivity index (χ3v) is 7.26. The van der Waals surface area contributed by atoms with Crippen molar-refractivity contribution in [1.29, 1.82) is 0 Å². The summed E-state index contributed by atoms with van der Waals surface area (Å²) in [7, 11) is 0. The Bertz CT molecular complexity index is 1180. The molecule has 6 rings (SSSR count). The van der Waals surface area contributed by atoms with Crippen LogP contribution in [0.5, 0.6) is 0 Å². The minimum atomic E-state index is -0.587. The SMILES string of the molecule is CC1=CC(O/C=C2/C(=O)OC3c4ccc([C@H]5CC5C)cc4CC23)N(c2ccccc2)C1=O. The van der Waals surface area contributed by atoms with Crippen molar-refractivity contribution >= 4 is 17.6 Å². The summed E-state index contributed by atoms with van der Waals surface area (Å²) in [6.07, 6.45) is 4.51. The maximum Gasteiger partial charge on any atom is 0.338 e. The van der Waals surface area contributed by atoms with E-state index in [9.17, 15) is 9.59 Å². The smallest absolute Gasteiger partial charge is 0.338 e. The molecule has 0 bridgehead atoms. The molecule has 1 saturated heterocycles. The van der Waals surface area contributed by atoms with Crippen molar-refractivity contribution in [1.82, 2.24) is 0 Å². The number of esters is 1. The van der Waals surface area contributed by atoms with E-state index in [-0.39, 0.29) is 23.9 Å². The van der Waals surface area contributed by atoms with Gasteiger partial charge in [0.05, 0.1) is 11.8 Å². The summed E-state index contributed by atoms with van der Waals surface area (Å²) >= 11 is 0. The maximum atomic E-state index is 12.7. The predicted molar refractivity (Wildman–Crippen MR) is 120 cm³/mol. The van der Waals surface area contributed by atoms with Crippen LogP contribution < -0.4 is 4.90 Å². The number of carbonyl (C=O) groups is 2. The van der Waals surface area contributed by atoms with Gasteiger partial charge in [0.2, 0.25) is 0 Å². The first-order valence-electron chi connectivity index (χ1n) is 11.3. The molecular weight excluding hydrogens is 402 g/mol. The Morgan fingerprint density at radius 2 is 1.88 bits per heavy atom. The van der Waals surface area contributed by atoms with Crippen molar-refractivity contribution in [2.45, 2.75) is 44.9 Å². The van der Waals surface area contributed by atoms with Gasteiger partial charge in [-0.2, -0.15) is 0 Å². The van der Waals surface area contributed by atoms with Crippen LogP contribution in [0.3, 0.4) is 0 Å². The van der Waals surface area contributed by atoms with Gasteiger partial charge in [0.25, 0.3) is 5.91 Å². The van der Waals surface area contributed by atoms with Gasteiger partial charge in [0, 0.05) is 17.2 Å². The Hall–Kier alpha value is -3.34. The number of nitrogens with zero attached hydrogens (tertiary/aromatic N) is 1.